The highest BCUT2D eigenvalue weighted by atomic mass is 19.4. The third-order valence-electron chi connectivity index (χ3n) is 2.01. The number of benzene rings is 1. The molecule has 1 N–H and O–H groups in total. The molecule has 0 aliphatic rings. The molecule has 0 aromatic heterocycles. The van der Waals surface area contributed by atoms with Gasteiger partial charge in [0.05, 0.1) is 6.61 Å². The first-order chi connectivity index (χ1) is 7.97. The van der Waals surface area contributed by atoms with Crippen molar-refractivity contribution in [1.29, 1.82) is 0 Å². The standard InChI is InChI=1S/C11H13F4NO/c12-10-4-2-9(3-5-10)8-16-6-1-7-17-11(13,14)15/h2-5,16H,1,6-8H2. The Hall–Kier alpha value is -1.14. The summed E-state index contributed by atoms with van der Waals surface area (Å²) in [6.45, 7) is 0.541. The maximum absolute atomic E-state index is 12.5. The summed E-state index contributed by atoms with van der Waals surface area (Å²) < 4.78 is 50.9. The molecule has 1 aromatic rings. The number of rotatable bonds is 6. The number of nitrogens with one attached hydrogen (secondary N) is 1. The van der Waals surface area contributed by atoms with E-state index in [1.807, 2.05) is 0 Å². The molecule has 0 saturated heterocycles. The number of hydrogen-bond donors (Lipinski definition) is 1. The number of halogens is 4. The second-order valence-electron chi connectivity index (χ2n) is 3.45. The first-order valence-electron chi connectivity index (χ1n) is 5.13. The predicted octanol–water partition coefficient (Wildman–Crippen LogP) is 2.84. The van der Waals surface area contributed by atoms with E-state index in [2.05, 4.69) is 10.1 Å². The summed E-state index contributed by atoms with van der Waals surface area (Å²) >= 11 is 0. The molecule has 2 nitrogen and oxygen atoms in total. The minimum Gasteiger partial charge on any atom is -0.313 e. The molecule has 0 heterocycles. The quantitative estimate of drug-likeness (QED) is 0.620. The average molecular weight is 251 g/mol. The maximum Gasteiger partial charge on any atom is 0.522 e. The van der Waals surface area contributed by atoms with Gasteiger partial charge in [0.15, 0.2) is 0 Å². The highest BCUT2D eigenvalue weighted by molar-refractivity contribution is 5.15. The van der Waals surface area contributed by atoms with Crippen LogP contribution in [0.25, 0.3) is 0 Å². The zero-order valence-corrected chi connectivity index (χ0v) is 9.06. The lowest BCUT2D eigenvalue weighted by Gasteiger charge is -2.08. The van der Waals surface area contributed by atoms with Crippen LogP contribution in [0.5, 0.6) is 0 Å². The molecule has 0 aliphatic heterocycles. The molecule has 0 fully saturated rings. The summed E-state index contributed by atoms with van der Waals surface area (Å²) in [4.78, 5) is 0. The second kappa shape index (κ2) is 6.56. The number of hydrogen-bond acceptors (Lipinski definition) is 2. The lowest BCUT2D eigenvalue weighted by Crippen LogP contribution is -2.19. The van der Waals surface area contributed by atoms with Gasteiger partial charge < -0.3 is 5.32 Å². The van der Waals surface area contributed by atoms with E-state index in [9.17, 15) is 17.6 Å². The first-order valence-corrected chi connectivity index (χ1v) is 5.13. The third kappa shape index (κ3) is 6.91. The van der Waals surface area contributed by atoms with Crippen LogP contribution in [0.1, 0.15) is 12.0 Å². The molecule has 0 bridgehead atoms. The van der Waals surface area contributed by atoms with Gasteiger partial charge in [-0.05, 0) is 30.7 Å². The van der Waals surface area contributed by atoms with Crippen LogP contribution < -0.4 is 5.32 Å². The Labute approximate surface area is 96.6 Å². The largest absolute Gasteiger partial charge is 0.522 e. The van der Waals surface area contributed by atoms with Crippen LogP contribution in [0.4, 0.5) is 17.6 Å². The SMILES string of the molecule is Fc1ccc(CNCCCOC(F)(F)F)cc1. The van der Waals surface area contributed by atoms with E-state index in [4.69, 9.17) is 0 Å². The van der Waals surface area contributed by atoms with Crippen LogP contribution in [0.15, 0.2) is 24.3 Å². The van der Waals surface area contributed by atoms with Gasteiger partial charge in [-0.2, -0.15) is 0 Å². The number of alkyl halides is 3. The Morgan fingerprint density at radius 1 is 1.12 bits per heavy atom. The van der Waals surface area contributed by atoms with Crippen molar-refractivity contribution < 1.29 is 22.3 Å². The molecule has 0 amide bonds. The summed E-state index contributed by atoms with van der Waals surface area (Å²) in [5.74, 6) is -0.313. The van der Waals surface area contributed by atoms with E-state index in [1.54, 1.807) is 12.1 Å². The zero-order chi connectivity index (χ0) is 12.7. The zero-order valence-electron chi connectivity index (χ0n) is 9.06. The fourth-order valence-corrected chi connectivity index (χ4v) is 1.22. The maximum atomic E-state index is 12.5. The fourth-order valence-electron chi connectivity index (χ4n) is 1.22. The van der Waals surface area contributed by atoms with Crippen molar-refractivity contribution >= 4 is 0 Å². The van der Waals surface area contributed by atoms with E-state index in [-0.39, 0.29) is 18.8 Å². The highest BCUT2D eigenvalue weighted by Crippen LogP contribution is 2.15. The van der Waals surface area contributed by atoms with E-state index in [0.29, 0.717) is 13.1 Å². The molecule has 1 aromatic carbocycles. The highest BCUT2D eigenvalue weighted by Gasteiger charge is 2.28. The lowest BCUT2D eigenvalue weighted by molar-refractivity contribution is -0.324. The van der Waals surface area contributed by atoms with Crippen molar-refractivity contribution in [1.82, 2.24) is 5.32 Å². The summed E-state index contributed by atoms with van der Waals surface area (Å²) in [5, 5.41) is 2.94. The summed E-state index contributed by atoms with van der Waals surface area (Å²) in [7, 11) is 0. The van der Waals surface area contributed by atoms with Gasteiger partial charge in [-0.15, -0.1) is 13.2 Å². The molecule has 0 radical (unpaired) electrons. The topological polar surface area (TPSA) is 21.3 Å². The molecule has 96 valence electrons. The van der Waals surface area contributed by atoms with Crippen LogP contribution in [0.2, 0.25) is 0 Å². The predicted molar refractivity (Wildman–Crippen MR) is 54.7 cm³/mol. The number of ether oxygens (including phenoxy) is 1. The van der Waals surface area contributed by atoms with E-state index >= 15 is 0 Å². The van der Waals surface area contributed by atoms with Gasteiger partial charge >= 0.3 is 6.36 Å². The Morgan fingerprint density at radius 2 is 1.76 bits per heavy atom. The molecule has 0 unspecified atom stereocenters. The molecule has 0 saturated carbocycles. The van der Waals surface area contributed by atoms with Crippen molar-refractivity contribution in [2.45, 2.75) is 19.3 Å². The Morgan fingerprint density at radius 3 is 2.35 bits per heavy atom. The lowest BCUT2D eigenvalue weighted by atomic mass is 10.2. The van der Waals surface area contributed by atoms with Crippen LogP contribution in [-0.2, 0) is 11.3 Å². The van der Waals surface area contributed by atoms with Crippen molar-refractivity contribution in [2.75, 3.05) is 13.2 Å². The van der Waals surface area contributed by atoms with Crippen LogP contribution in [0, 0.1) is 5.82 Å². The minimum absolute atomic E-state index is 0.265. The average Bonchev–Trinajstić information content (AvgIpc) is 2.24. The van der Waals surface area contributed by atoms with Crippen molar-refractivity contribution in [3.63, 3.8) is 0 Å². The monoisotopic (exact) mass is 251 g/mol. The Balaban J connectivity index is 2.07. The summed E-state index contributed by atoms with van der Waals surface area (Å²) in [5.41, 5.74) is 0.878. The summed E-state index contributed by atoms with van der Waals surface area (Å²) in [6, 6.07) is 5.91. The molecule has 0 atom stereocenters. The van der Waals surface area contributed by atoms with E-state index < -0.39 is 6.36 Å². The van der Waals surface area contributed by atoms with Gasteiger partial charge in [0.25, 0.3) is 0 Å². The van der Waals surface area contributed by atoms with Crippen LogP contribution in [-0.4, -0.2) is 19.5 Å². The van der Waals surface area contributed by atoms with Crippen LogP contribution >= 0.6 is 0 Å². The van der Waals surface area contributed by atoms with Gasteiger partial charge in [0.1, 0.15) is 5.82 Å². The molecular weight excluding hydrogens is 238 g/mol. The van der Waals surface area contributed by atoms with Gasteiger partial charge in [0.2, 0.25) is 0 Å². The summed E-state index contributed by atoms with van der Waals surface area (Å²) in [6.07, 6.45) is -4.29. The van der Waals surface area contributed by atoms with Crippen molar-refractivity contribution in [2.24, 2.45) is 0 Å². The van der Waals surface area contributed by atoms with Crippen molar-refractivity contribution in [3.8, 4) is 0 Å². The normalized spacial score (nSPS) is 11.8. The smallest absolute Gasteiger partial charge is 0.313 e. The van der Waals surface area contributed by atoms with Gasteiger partial charge in [-0.3, -0.25) is 4.74 Å². The third-order valence-corrected chi connectivity index (χ3v) is 2.01. The molecule has 0 aliphatic carbocycles. The van der Waals surface area contributed by atoms with E-state index in [1.165, 1.54) is 12.1 Å². The molecule has 17 heavy (non-hydrogen) atoms. The Kier molecular flexibility index (Phi) is 5.37. The van der Waals surface area contributed by atoms with E-state index in [0.717, 1.165) is 5.56 Å². The van der Waals surface area contributed by atoms with Crippen LogP contribution in [0.3, 0.4) is 0 Å². The molecule has 1 rings (SSSR count). The Bertz CT molecular complexity index is 323. The first kappa shape index (κ1) is 13.9. The second-order valence-corrected chi connectivity index (χ2v) is 3.45. The molecular formula is C11H13F4NO. The fraction of sp³-hybridized carbons (Fsp3) is 0.455. The molecule has 6 heteroatoms. The van der Waals surface area contributed by atoms with Gasteiger partial charge in [-0.1, -0.05) is 12.1 Å². The molecule has 0 spiro atoms. The van der Waals surface area contributed by atoms with Crippen molar-refractivity contribution in [3.05, 3.63) is 35.6 Å². The van der Waals surface area contributed by atoms with Gasteiger partial charge in [0, 0.05) is 6.54 Å². The van der Waals surface area contributed by atoms with Gasteiger partial charge in [-0.25, -0.2) is 4.39 Å². The minimum atomic E-state index is -4.56.